The molecule has 0 radical (unpaired) electrons. The maximum absolute atomic E-state index is 13.8. The molecule has 11 nitrogen and oxygen atoms in total. The van der Waals surface area contributed by atoms with Crippen molar-refractivity contribution < 1.29 is 27.4 Å². The molecule has 1 aliphatic carbocycles. The van der Waals surface area contributed by atoms with Gasteiger partial charge in [0.1, 0.15) is 17.8 Å². The largest absolute Gasteiger partial charge is 0.497 e. The summed E-state index contributed by atoms with van der Waals surface area (Å²) in [5, 5.41) is 7.93. The second-order valence-corrected chi connectivity index (χ2v) is 12.7. The molecule has 1 fully saturated rings. The highest BCUT2D eigenvalue weighted by Crippen LogP contribution is 2.48. The van der Waals surface area contributed by atoms with Crippen LogP contribution in [0.2, 0.25) is 0 Å². The third-order valence-corrected chi connectivity index (χ3v) is 9.21. The molecule has 1 saturated carbocycles. The topological polar surface area (TPSA) is 128 Å². The first-order chi connectivity index (χ1) is 18.0. The summed E-state index contributed by atoms with van der Waals surface area (Å²) in [6, 6.07) is 7.22. The normalized spacial score (nSPS) is 16.9. The zero-order chi connectivity index (χ0) is 27.7. The van der Waals surface area contributed by atoms with Crippen molar-refractivity contribution >= 4 is 9.84 Å². The Morgan fingerprint density at radius 2 is 1.68 bits per heavy atom. The van der Waals surface area contributed by atoms with Crippen LogP contribution in [0.15, 0.2) is 30.6 Å². The maximum atomic E-state index is 13.8. The predicted octanol–water partition coefficient (Wildman–Crippen LogP) is 3.50. The summed E-state index contributed by atoms with van der Waals surface area (Å²) < 4.78 is 51.2. The molecule has 3 aromatic rings. The van der Waals surface area contributed by atoms with Gasteiger partial charge in [-0.3, -0.25) is 4.57 Å². The molecule has 1 aliphatic rings. The molecule has 0 N–H and O–H groups in total. The second-order valence-electron chi connectivity index (χ2n) is 10.3. The molecule has 0 bridgehead atoms. The monoisotopic (exact) mass is 545 g/mol. The quantitative estimate of drug-likeness (QED) is 0.353. The minimum absolute atomic E-state index is 0.171. The number of nitrogens with zero attached hydrogens (tertiary/aromatic N) is 5. The van der Waals surface area contributed by atoms with Gasteiger partial charge < -0.3 is 18.9 Å². The summed E-state index contributed by atoms with van der Waals surface area (Å²) in [4.78, 5) is 8.43. The summed E-state index contributed by atoms with van der Waals surface area (Å²) in [6.07, 6.45) is 2.71. The van der Waals surface area contributed by atoms with E-state index in [9.17, 15) is 8.42 Å². The molecule has 0 saturated heterocycles. The molecular weight excluding hydrogens is 510 g/mol. The van der Waals surface area contributed by atoms with Crippen LogP contribution in [-0.2, 0) is 20.3 Å². The van der Waals surface area contributed by atoms with E-state index in [0.29, 0.717) is 22.8 Å². The number of sulfone groups is 1. The fraction of sp³-hybridized carbons (Fsp3) is 0.538. The Morgan fingerprint density at radius 3 is 2.24 bits per heavy atom. The van der Waals surface area contributed by atoms with E-state index in [1.54, 1.807) is 37.8 Å². The van der Waals surface area contributed by atoms with Crippen molar-refractivity contribution in [2.75, 3.05) is 28.4 Å². The average Bonchev–Trinajstić information content (AvgIpc) is 3.29. The first kappa shape index (κ1) is 27.8. The Labute approximate surface area is 223 Å². The van der Waals surface area contributed by atoms with Crippen LogP contribution in [0.4, 0.5) is 0 Å². The molecule has 38 heavy (non-hydrogen) atoms. The lowest BCUT2D eigenvalue weighted by molar-refractivity contribution is -0.0368. The summed E-state index contributed by atoms with van der Waals surface area (Å²) in [5.41, 5.74) is 1.13. The third kappa shape index (κ3) is 5.32. The van der Waals surface area contributed by atoms with Gasteiger partial charge in [-0.25, -0.2) is 8.42 Å². The molecule has 2 heterocycles. The summed E-state index contributed by atoms with van der Waals surface area (Å²) in [6.45, 7) is 6.06. The van der Waals surface area contributed by atoms with Crippen LogP contribution in [0, 0.1) is 11.3 Å². The highest BCUT2D eigenvalue weighted by atomic mass is 32.2. The van der Waals surface area contributed by atoms with Crippen LogP contribution >= 0.6 is 0 Å². The van der Waals surface area contributed by atoms with Crippen molar-refractivity contribution in [1.29, 1.82) is 0 Å². The van der Waals surface area contributed by atoms with Gasteiger partial charge in [0.25, 0.3) is 0 Å². The number of hydrogen-bond donors (Lipinski definition) is 0. The zero-order valence-electron chi connectivity index (χ0n) is 22.8. The molecule has 206 valence electrons. The summed E-state index contributed by atoms with van der Waals surface area (Å²) >= 11 is 0. The lowest BCUT2D eigenvalue weighted by atomic mass is 9.62. The van der Waals surface area contributed by atoms with Gasteiger partial charge in [0.15, 0.2) is 27.2 Å². The third-order valence-electron chi connectivity index (χ3n) is 7.15. The maximum Gasteiger partial charge on any atom is 0.245 e. The Kier molecular flexibility index (Phi) is 7.93. The van der Waals surface area contributed by atoms with Crippen LogP contribution in [0.1, 0.15) is 39.4 Å². The van der Waals surface area contributed by atoms with Crippen molar-refractivity contribution in [2.45, 2.75) is 50.7 Å². The smallest absolute Gasteiger partial charge is 0.245 e. The summed E-state index contributed by atoms with van der Waals surface area (Å²) in [7, 11) is 2.33. The minimum atomic E-state index is -3.73. The van der Waals surface area contributed by atoms with E-state index in [-0.39, 0.29) is 34.7 Å². The van der Waals surface area contributed by atoms with Gasteiger partial charge in [-0.05, 0) is 43.2 Å². The van der Waals surface area contributed by atoms with E-state index < -0.39 is 21.2 Å². The van der Waals surface area contributed by atoms with Crippen LogP contribution in [0.25, 0.3) is 17.1 Å². The van der Waals surface area contributed by atoms with Crippen molar-refractivity contribution in [3.8, 4) is 34.6 Å². The average molecular weight is 546 g/mol. The first-order valence-corrected chi connectivity index (χ1v) is 14.0. The number of rotatable bonds is 11. The highest BCUT2D eigenvalue weighted by Gasteiger charge is 2.45. The predicted molar refractivity (Wildman–Crippen MR) is 141 cm³/mol. The summed E-state index contributed by atoms with van der Waals surface area (Å²) in [5.74, 6) is 1.28. The Bertz CT molecular complexity index is 1360. The molecule has 2 atom stereocenters. The van der Waals surface area contributed by atoms with Gasteiger partial charge in [-0.1, -0.05) is 26.0 Å². The SMILES string of the molecule is COc1cccc(-c2nnc(CS(=O)(=O)[C@H](C)[C@@H](OC)C3CC(C)(C)C3)n2-c2c(OC)ncnc2OC)c1. The van der Waals surface area contributed by atoms with E-state index in [4.69, 9.17) is 18.9 Å². The number of ether oxygens (including phenoxy) is 4. The molecule has 0 aliphatic heterocycles. The van der Waals surface area contributed by atoms with E-state index in [1.165, 1.54) is 20.5 Å². The highest BCUT2D eigenvalue weighted by molar-refractivity contribution is 7.91. The van der Waals surface area contributed by atoms with Crippen LogP contribution < -0.4 is 14.2 Å². The number of aromatic nitrogens is 5. The number of methoxy groups -OCH3 is 4. The number of hydrogen-bond acceptors (Lipinski definition) is 10. The number of benzene rings is 1. The lowest BCUT2D eigenvalue weighted by Gasteiger charge is -2.47. The molecule has 1 aromatic carbocycles. The minimum Gasteiger partial charge on any atom is -0.497 e. The molecular formula is C26H35N5O6S. The second kappa shape index (κ2) is 10.9. The van der Waals surface area contributed by atoms with Gasteiger partial charge in [0.2, 0.25) is 11.8 Å². The van der Waals surface area contributed by atoms with Gasteiger partial charge >= 0.3 is 0 Å². The first-order valence-electron chi connectivity index (χ1n) is 12.3. The Morgan fingerprint density at radius 1 is 1.03 bits per heavy atom. The van der Waals surface area contributed by atoms with E-state index >= 15 is 0 Å². The zero-order valence-corrected chi connectivity index (χ0v) is 23.7. The Hall–Kier alpha value is -3.25. The van der Waals surface area contributed by atoms with Crippen LogP contribution in [-0.4, -0.2) is 72.9 Å². The van der Waals surface area contributed by atoms with Crippen LogP contribution in [0.5, 0.6) is 17.5 Å². The standard InChI is InChI=1S/C26H35N5O6S/c1-16(22(35-5)18-12-26(2,3)13-18)38(32,33)14-20-29-30-23(17-9-8-10-19(11-17)34-4)31(20)21-24(36-6)27-15-28-25(21)37-7/h8-11,15-16,18,22H,12-14H2,1-7H3/t16-,22-/m1/s1. The van der Waals surface area contributed by atoms with Gasteiger partial charge in [0.05, 0.1) is 32.7 Å². The fourth-order valence-corrected chi connectivity index (χ4v) is 6.86. The van der Waals surface area contributed by atoms with Crippen molar-refractivity contribution in [1.82, 2.24) is 24.7 Å². The lowest BCUT2D eigenvalue weighted by Crippen LogP contribution is -2.47. The molecule has 0 amide bonds. The molecule has 0 unspecified atom stereocenters. The van der Waals surface area contributed by atoms with Crippen molar-refractivity contribution in [2.24, 2.45) is 11.3 Å². The molecule has 12 heteroatoms. The van der Waals surface area contributed by atoms with E-state index in [2.05, 4.69) is 34.0 Å². The molecule has 4 rings (SSSR count). The van der Waals surface area contributed by atoms with Gasteiger partial charge in [-0.2, -0.15) is 9.97 Å². The van der Waals surface area contributed by atoms with Crippen molar-refractivity contribution in [3.05, 3.63) is 36.4 Å². The fourth-order valence-electron chi connectivity index (χ4n) is 5.31. The Balaban J connectivity index is 1.81. The van der Waals surface area contributed by atoms with Gasteiger partial charge in [-0.15, -0.1) is 10.2 Å². The van der Waals surface area contributed by atoms with E-state index in [1.807, 2.05) is 12.1 Å². The molecule has 0 spiro atoms. The molecule has 2 aromatic heterocycles. The van der Waals surface area contributed by atoms with E-state index in [0.717, 1.165) is 12.8 Å². The van der Waals surface area contributed by atoms with Gasteiger partial charge in [0, 0.05) is 12.7 Å². The van der Waals surface area contributed by atoms with Crippen molar-refractivity contribution in [3.63, 3.8) is 0 Å². The van der Waals surface area contributed by atoms with Crippen LogP contribution in [0.3, 0.4) is 0 Å².